The second kappa shape index (κ2) is 8.06. The lowest BCUT2D eigenvalue weighted by Gasteiger charge is -2.04. The van der Waals surface area contributed by atoms with Crippen molar-refractivity contribution in [3.05, 3.63) is 76.2 Å². The smallest absolute Gasteiger partial charge is 0.255 e. The van der Waals surface area contributed by atoms with Crippen LogP contribution in [0.15, 0.2) is 59.3 Å². The minimum Gasteiger partial charge on any atom is -0.343 e. The molecule has 7 nitrogen and oxygen atoms in total. The van der Waals surface area contributed by atoms with Crippen LogP contribution in [-0.4, -0.2) is 25.8 Å². The lowest BCUT2D eigenvalue weighted by molar-refractivity contribution is 0.0947. The van der Waals surface area contributed by atoms with E-state index in [0.29, 0.717) is 32.7 Å². The maximum absolute atomic E-state index is 12.7. The molecule has 0 spiro atoms. The molecule has 0 bridgehead atoms. The fraction of sp³-hybridized carbons (Fsp3) is 0.100. The van der Waals surface area contributed by atoms with E-state index in [-0.39, 0.29) is 18.3 Å². The number of nitrogens with zero attached hydrogens (tertiary/aromatic N) is 4. The number of benzene rings is 2. The Kier molecular flexibility index (Phi) is 5.33. The van der Waals surface area contributed by atoms with Gasteiger partial charge < -0.3 is 9.84 Å². The Bertz CT molecular complexity index is 1170. The lowest BCUT2D eigenvalue weighted by Crippen LogP contribution is -2.23. The minimum atomic E-state index is -0.320. The van der Waals surface area contributed by atoms with Gasteiger partial charge in [0.05, 0.1) is 17.1 Å². The van der Waals surface area contributed by atoms with Crippen LogP contribution in [0.2, 0.25) is 10.0 Å². The normalized spacial score (nSPS) is 10.9. The highest BCUT2D eigenvalue weighted by Gasteiger charge is 2.19. The van der Waals surface area contributed by atoms with E-state index in [1.54, 1.807) is 48.3 Å². The van der Waals surface area contributed by atoms with Crippen LogP contribution in [0.1, 0.15) is 16.2 Å². The summed E-state index contributed by atoms with van der Waals surface area (Å²) in [7, 11) is 1.74. The van der Waals surface area contributed by atoms with E-state index in [4.69, 9.17) is 27.7 Å². The average molecular weight is 428 g/mol. The number of aromatic nitrogens is 4. The van der Waals surface area contributed by atoms with Crippen LogP contribution in [0.3, 0.4) is 0 Å². The summed E-state index contributed by atoms with van der Waals surface area (Å²) in [5.41, 5.74) is 2.35. The summed E-state index contributed by atoms with van der Waals surface area (Å²) in [6.07, 6.45) is 1.64. The molecule has 9 heteroatoms. The highest BCUT2D eigenvalue weighted by Crippen LogP contribution is 2.29. The fourth-order valence-corrected chi connectivity index (χ4v) is 3.15. The van der Waals surface area contributed by atoms with Gasteiger partial charge in [0.1, 0.15) is 5.69 Å². The second-order valence-electron chi connectivity index (χ2n) is 6.25. The van der Waals surface area contributed by atoms with Crippen molar-refractivity contribution in [1.29, 1.82) is 0 Å². The number of carbonyl (C=O) groups is 1. The third kappa shape index (κ3) is 4.16. The Hall–Kier alpha value is -3.16. The zero-order chi connectivity index (χ0) is 20.4. The van der Waals surface area contributed by atoms with Crippen molar-refractivity contribution in [2.24, 2.45) is 7.05 Å². The molecule has 1 N–H and O–H groups in total. The first-order valence-corrected chi connectivity index (χ1v) is 9.42. The molecule has 0 saturated heterocycles. The van der Waals surface area contributed by atoms with E-state index in [1.807, 2.05) is 18.2 Å². The summed E-state index contributed by atoms with van der Waals surface area (Å²) in [5.74, 6) is 0.384. The molecular weight excluding hydrogens is 413 g/mol. The summed E-state index contributed by atoms with van der Waals surface area (Å²) in [6, 6.07) is 14.3. The fourth-order valence-electron chi connectivity index (χ4n) is 2.80. The molecule has 2 aromatic carbocycles. The molecular formula is C20H15Cl2N5O2. The largest absolute Gasteiger partial charge is 0.343 e. The highest BCUT2D eigenvalue weighted by atomic mass is 35.5. The van der Waals surface area contributed by atoms with Crippen LogP contribution in [-0.2, 0) is 13.6 Å². The van der Waals surface area contributed by atoms with Gasteiger partial charge in [0.2, 0.25) is 11.7 Å². The van der Waals surface area contributed by atoms with Gasteiger partial charge in [-0.25, -0.2) is 0 Å². The predicted molar refractivity (Wildman–Crippen MR) is 110 cm³/mol. The minimum absolute atomic E-state index is 0.0796. The van der Waals surface area contributed by atoms with Crippen molar-refractivity contribution in [2.45, 2.75) is 6.54 Å². The maximum atomic E-state index is 12.7. The van der Waals surface area contributed by atoms with Gasteiger partial charge >= 0.3 is 0 Å². The number of amides is 1. The summed E-state index contributed by atoms with van der Waals surface area (Å²) < 4.78 is 6.79. The van der Waals surface area contributed by atoms with Crippen LogP contribution in [0, 0.1) is 0 Å². The van der Waals surface area contributed by atoms with Crippen LogP contribution in [0.4, 0.5) is 0 Å². The Balaban J connectivity index is 1.50. The number of rotatable bonds is 5. The molecule has 0 aliphatic heterocycles. The number of hydrogen-bond acceptors (Lipinski definition) is 5. The number of nitrogens with one attached hydrogen (secondary N) is 1. The molecule has 4 rings (SSSR count). The van der Waals surface area contributed by atoms with Crippen LogP contribution < -0.4 is 5.32 Å². The summed E-state index contributed by atoms with van der Waals surface area (Å²) >= 11 is 12.2. The SMILES string of the molecule is Cn1cc(C(=O)NCc2nc(-c3ccc(Cl)cc3)no2)c(-c2ccccc2Cl)n1. The Labute approximate surface area is 176 Å². The van der Waals surface area contributed by atoms with E-state index in [2.05, 4.69) is 20.6 Å². The molecule has 0 unspecified atom stereocenters. The lowest BCUT2D eigenvalue weighted by atomic mass is 10.1. The van der Waals surface area contributed by atoms with E-state index in [1.165, 1.54) is 0 Å². The Morgan fingerprint density at radius 2 is 1.90 bits per heavy atom. The molecule has 0 aliphatic rings. The van der Waals surface area contributed by atoms with Crippen molar-refractivity contribution in [1.82, 2.24) is 25.2 Å². The van der Waals surface area contributed by atoms with Gasteiger partial charge in [0, 0.05) is 29.4 Å². The topological polar surface area (TPSA) is 85.8 Å². The Morgan fingerprint density at radius 3 is 2.66 bits per heavy atom. The van der Waals surface area contributed by atoms with Gasteiger partial charge in [-0.15, -0.1) is 0 Å². The Morgan fingerprint density at radius 1 is 1.14 bits per heavy atom. The zero-order valence-electron chi connectivity index (χ0n) is 15.3. The average Bonchev–Trinajstić information content (AvgIpc) is 3.34. The van der Waals surface area contributed by atoms with Crippen molar-refractivity contribution in [2.75, 3.05) is 0 Å². The van der Waals surface area contributed by atoms with E-state index >= 15 is 0 Å². The van der Waals surface area contributed by atoms with Crippen molar-refractivity contribution >= 4 is 29.1 Å². The molecule has 29 heavy (non-hydrogen) atoms. The quantitative estimate of drug-likeness (QED) is 0.510. The second-order valence-corrected chi connectivity index (χ2v) is 7.09. The van der Waals surface area contributed by atoms with Crippen LogP contribution in [0.5, 0.6) is 0 Å². The molecule has 4 aromatic rings. The van der Waals surface area contributed by atoms with Gasteiger partial charge in [-0.2, -0.15) is 10.1 Å². The number of hydrogen-bond donors (Lipinski definition) is 1. The molecule has 0 fully saturated rings. The number of aryl methyl sites for hydroxylation is 1. The molecule has 2 heterocycles. The highest BCUT2D eigenvalue weighted by molar-refractivity contribution is 6.33. The van der Waals surface area contributed by atoms with Crippen molar-refractivity contribution in [3.63, 3.8) is 0 Å². The van der Waals surface area contributed by atoms with E-state index < -0.39 is 0 Å². The molecule has 0 atom stereocenters. The van der Waals surface area contributed by atoms with Gasteiger partial charge in [-0.05, 0) is 30.3 Å². The van der Waals surface area contributed by atoms with Crippen LogP contribution in [0.25, 0.3) is 22.6 Å². The van der Waals surface area contributed by atoms with Crippen molar-refractivity contribution in [3.8, 4) is 22.6 Å². The molecule has 0 aliphatic carbocycles. The standard InChI is InChI=1S/C20H15Cl2N5O2/c1-27-11-15(18(25-27)14-4-2-3-5-16(14)22)20(28)23-10-17-24-19(26-29-17)12-6-8-13(21)9-7-12/h2-9,11H,10H2,1H3,(H,23,28). The first-order valence-electron chi connectivity index (χ1n) is 8.66. The predicted octanol–water partition coefficient (Wildman–Crippen LogP) is 4.37. The molecule has 0 radical (unpaired) electrons. The summed E-state index contributed by atoms with van der Waals surface area (Å²) in [6.45, 7) is 0.0796. The molecule has 2 aromatic heterocycles. The van der Waals surface area contributed by atoms with Gasteiger partial charge in [-0.1, -0.05) is 46.6 Å². The van der Waals surface area contributed by atoms with Gasteiger partial charge in [-0.3, -0.25) is 9.48 Å². The van der Waals surface area contributed by atoms with Gasteiger partial charge in [0.15, 0.2) is 0 Å². The number of carbonyl (C=O) groups excluding carboxylic acids is 1. The summed E-state index contributed by atoms with van der Waals surface area (Å²) in [4.78, 5) is 17.0. The third-order valence-electron chi connectivity index (χ3n) is 4.17. The maximum Gasteiger partial charge on any atom is 0.255 e. The molecule has 1 amide bonds. The monoisotopic (exact) mass is 427 g/mol. The zero-order valence-corrected chi connectivity index (χ0v) is 16.8. The molecule has 146 valence electrons. The first kappa shape index (κ1) is 19.2. The first-order chi connectivity index (χ1) is 14.0. The van der Waals surface area contributed by atoms with Gasteiger partial charge in [0.25, 0.3) is 5.91 Å². The van der Waals surface area contributed by atoms with Crippen molar-refractivity contribution < 1.29 is 9.32 Å². The van der Waals surface area contributed by atoms with E-state index in [0.717, 1.165) is 5.56 Å². The summed E-state index contributed by atoms with van der Waals surface area (Å²) in [5, 5.41) is 12.2. The number of halogens is 2. The van der Waals surface area contributed by atoms with Crippen LogP contribution >= 0.6 is 23.2 Å². The van der Waals surface area contributed by atoms with E-state index in [9.17, 15) is 4.79 Å². The molecule has 0 saturated carbocycles. The third-order valence-corrected chi connectivity index (χ3v) is 4.75.